The molecule has 3 rings (SSSR count). The van der Waals surface area contributed by atoms with Gasteiger partial charge in [0.25, 0.3) is 0 Å². The minimum atomic E-state index is -0.124. The Hall–Kier alpha value is -2.13. The average Bonchev–Trinajstić information content (AvgIpc) is 3.16. The molecule has 0 heterocycles. The standard InChI is InChI=1S/C21H24O3/c1-21(2)18(19(21)20(22)23-3)14-24-13-15-9-11-17(12-10-15)16-7-5-4-6-8-16/h4-12,18-19H,13-14H2,1-3H3. The van der Waals surface area contributed by atoms with Crippen LogP contribution in [0.15, 0.2) is 54.6 Å². The largest absolute Gasteiger partial charge is 0.469 e. The molecule has 2 aromatic carbocycles. The van der Waals surface area contributed by atoms with Crippen LogP contribution in [0.5, 0.6) is 0 Å². The highest BCUT2D eigenvalue weighted by molar-refractivity contribution is 5.77. The predicted octanol–water partition coefficient (Wildman–Crippen LogP) is 4.32. The first kappa shape index (κ1) is 16.7. The van der Waals surface area contributed by atoms with Gasteiger partial charge >= 0.3 is 5.97 Å². The van der Waals surface area contributed by atoms with Crippen molar-refractivity contribution in [3.8, 4) is 11.1 Å². The first-order valence-electron chi connectivity index (χ1n) is 8.34. The van der Waals surface area contributed by atoms with Crippen molar-refractivity contribution in [3.05, 3.63) is 60.2 Å². The van der Waals surface area contributed by atoms with E-state index in [2.05, 4.69) is 50.2 Å². The van der Waals surface area contributed by atoms with Gasteiger partial charge in [0.2, 0.25) is 0 Å². The zero-order valence-corrected chi connectivity index (χ0v) is 14.5. The Morgan fingerprint density at radius 3 is 2.25 bits per heavy atom. The molecule has 2 aromatic rings. The number of hydrogen-bond donors (Lipinski definition) is 0. The Morgan fingerprint density at radius 2 is 1.62 bits per heavy atom. The Balaban J connectivity index is 1.52. The van der Waals surface area contributed by atoms with Crippen molar-refractivity contribution < 1.29 is 14.3 Å². The molecule has 1 aliphatic rings. The molecular weight excluding hydrogens is 300 g/mol. The summed E-state index contributed by atoms with van der Waals surface area (Å²) in [7, 11) is 1.45. The quantitative estimate of drug-likeness (QED) is 0.743. The van der Waals surface area contributed by atoms with Gasteiger partial charge in [-0.15, -0.1) is 0 Å². The second-order valence-corrected chi connectivity index (χ2v) is 7.01. The van der Waals surface area contributed by atoms with E-state index in [1.807, 2.05) is 18.2 Å². The Kier molecular flexibility index (Phi) is 4.72. The smallest absolute Gasteiger partial charge is 0.309 e. The van der Waals surface area contributed by atoms with Gasteiger partial charge < -0.3 is 9.47 Å². The SMILES string of the molecule is COC(=O)C1C(COCc2ccc(-c3ccccc3)cc2)C1(C)C. The zero-order valence-electron chi connectivity index (χ0n) is 14.5. The third-order valence-electron chi connectivity index (χ3n) is 5.13. The first-order chi connectivity index (χ1) is 11.5. The molecule has 24 heavy (non-hydrogen) atoms. The summed E-state index contributed by atoms with van der Waals surface area (Å²) in [5.41, 5.74) is 3.53. The van der Waals surface area contributed by atoms with Crippen molar-refractivity contribution in [2.45, 2.75) is 20.5 Å². The van der Waals surface area contributed by atoms with E-state index in [0.29, 0.717) is 13.2 Å². The minimum Gasteiger partial charge on any atom is -0.469 e. The van der Waals surface area contributed by atoms with Crippen LogP contribution in [0.4, 0.5) is 0 Å². The lowest BCUT2D eigenvalue weighted by atomic mass is 10.0. The van der Waals surface area contributed by atoms with E-state index < -0.39 is 0 Å². The van der Waals surface area contributed by atoms with Gasteiger partial charge in [0.1, 0.15) is 0 Å². The third kappa shape index (κ3) is 3.36. The normalized spacial score (nSPS) is 21.3. The van der Waals surface area contributed by atoms with Crippen LogP contribution in [-0.2, 0) is 20.9 Å². The summed E-state index contributed by atoms with van der Waals surface area (Å²) in [6.45, 7) is 5.34. The number of ether oxygens (including phenoxy) is 2. The molecule has 0 saturated heterocycles. The Labute approximate surface area is 143 Å². The fraction of sp³-hybridized carbons (Fsp3) is 0.381. The molecular formula is C21H24O3. The van der Waals surface area contributed by atoms with Crippen LogP contribution in [-0.4, -0.2) is 19.7 Å². The number of esters is 1. The number of carbonyl (C=O) groups excluding carboxylic acids is 1. The van der Waals surface area contributed by atoms with Crippen molar-refractivity contribution >= 4 is 5.97 Å². The molecule has 2 atom stereocenters. The molecule has 1 fully saturated rings. The first-order valence-corrected chi connectivity index (χ1v) is 8.34. The molecule has 2 unspecified atom stereocenters. The van der Waals surface area contributed by atoms with E-state index in [1.54, 1.807) is 0 Å². The van der Waals surface area contributed by atoms with Crippen LogP contribution in [0.3, 0.4) is 0 Å². The maximum atomic E-state index is 11.7. The zero-order chi connectivity index (χ0) is 17.2. The average molecular weight is 324 g/mol. The van der Waals surface area contributed by atoms with E-state index in [1.165, 1.54) is 18.2 Å². The van der Waals surface area contributed by atoms with E-state index in [9.17, 15) is 4.79 Å². The molecule has 0 bridgehead atoms. The van der Waals surface area contributed by atoms with Crippen molar-refractivity contribution in [1.29, 1.82) is 0 Å². The van der Waals surface area contributed by atoms with Crippen LogP contribution in [0.2, 0.25) is 0 Å². The van der Waals surface area contributed by atoms with Gasteiger partial charge in [-0.25, -0.2) is 0 Å². The fourth-order valence-electron chi connectivity index (χ4n) is 3.38. The van der Waals surface area contributed by atoms with Crippen molar-refractivity contribution in [2.24, 2.45) is 17.3 Å². The third-order valence-corrected chi connectivity index (χ3v) is 5.13. The molecule has 0 aromatic heterocycles. The highest BCUT2D eigenvalue weighted by Gasteiger charge is 2.62. The number of carbonyl (C=O) groups is 1. The summed E-state index contributed by atoms with van der Waals surface area (Å²) in [5, 5.41) is 0. The Morgan fingerprint density at radius 1 is 1.00 bits per heavy atom. The second-order valence-electron chi connectivity index (χ2n) is 7.01. The van der Waals surface area contributed by atoms with Crippen molar-refractivity contribution in [3.63, 3.8) is 0 Å². The van der Waals surface area contributed by atoms with Gasteiger partial charge in [0, 0.05) is 5.92 Å². The summed E-state index contributed by atoms with van der Waals surface area (Å²) in [5.74, 6) is 0.0808. The molecule has 0 amide bonds. The summed E-state index contributed by atoms with van der Waals surface area (Å²) in [4.78, 5) is 11.7. The molecule has 1 aliphatic carbocycles. The Bertz CT molecular complexity index is 689. The van der Waals surface area contributed by atoms with Crippen LogP contribution >= 0.6 is 0 Å². The highest BCUT2D eigenvalue weighted by Crippen LogP contribution is 2.58. The summed E-state index contributed by atoms with van der Waals surface area (Å²) >= 11 is 0. The minimum absolute atomic E-state index is 0.0236. The monoisotopic (exact) mass is 324 g/mol. The lowest BCUT2D eigenvalue weighted by Gasteiger charge is -2.07. The van der Waals surface area contributed by atoms with Crippen molar-refractivity contribution in [2.75, 3.05) is 13.7 Å². The van der Waals surface area contributed by atoms with Gasteiger partial charge in [0.15, 0.2) is 0 Å². The van der Waals surface area contributed by atoms with Gasteiger partial charge in [0.05, 0.1) is 26.2 Å². The molecule has 126 valence electrons. The second kappa shape index (κ2) is 6.78. The van der Waals surface area contributed by atoms with Crippen LogP contribution in [0.1, 0.15) is 19.4 Å². The molecule has 0 spiro atoms. The van der Waals surface area contributed by atoms with Crippen LogP contribution < -0.4 is 0 Å². The molecule has 3 nitrogen and oxygen atoms in total. The number of hydrogen-bond acceptors (Lipinski definition) is 3. The topological polar surface area (TPSA) is 35.5 Å². The van der Waals surface area contributed by atoms with E-state index >= 15 is 0 Å². The van der Waals surface area contributed by atoms with E-state index in [4.69, 9.17) is 9.47 Å². The number of methoxy groups -OCH3 is 1. The molecule has 3 heteroatoms. The van der Waals surface area contributed by atoms with Gasteiger partial charge in [-0.05, 0) is 22.1 Å². The molecule has 0 N–H and O–H groups in total. The lowest BCUT2D eigenvalue weighted by Crippen LogP contribution is -2.08. The summed E-state index contributed by atoms with van der Waals surface area (Å²) in [6, 6.07) is 18.7. The molecule has 0 aliphatic heterocycles. The number of rotatable bonds is 6. The van der Waals surface area contributed by atoms with Gasteiger partial charge in [-0.1, -0.05) is 68.4 Å². The summed E-state index contributed by atoms with van der Waals surface area (Å²) in [6.07, 6.45) is 0. The number of benzene rings is 2. The molecule has 1 saturated carbocycles. The maximum Gasteiger partial charge on any atom is 0.309 e. The van der Waals surface area contributed by atoms with Gasteiger partial charge in [-0.2, -0.15) is 0 Å². The summed E-state index contributed by atoms with van der Waals surface area (Å²) < 4.78 is 10.7. The molecule has 0 radical (unpaired) electrons. The van der Waals surface area contributed by atoms with Crippen LogP contribution in [0, 0.1) is 17.3 Å². The predicted molar refractivity (Wildman–Crippen MR) is 94.3 cm³/mol. The maximum absolute atomic E-state index is 11.7. The van der Waals surface area contributed by atoms with Crippen molar-refractivity contribution in [1.82, 2.24) is 0 Å². The fourth-order valence-corrected chi connectivity index (χ4v) is 3.38. The van der Waals surface area contributed by atoms with E-state index in [-0.39, 0.29) is 23.2 Å². The lowest BCUT2D eigenvalue weighted by molar-refractivity contribution is -0.143. The van der Waals surface area contributed by atoms with E-state index in [0.717, 1.165) is 5.56 Å². The van der Waals surface area contributed by atoms with Gasteiger partial charge in [-0.3, -0.25) is 4.79 Å². The highest BCUT2D eigenvalue weighted by atomic mass is 16.5. The van der Waals surface area contributed by atoms with Crippen LogP contribution in [0.25, 0.3) is 11.1 Å².